The number of thioether (sulfide) groups is 1. The molecule has 134 valence electrons. The predicted molar refractivity (Wildman–Crippen MR) is 94.7 cm³/mol. The summed E-state index contributed by atoms with van der Waals surface area (Å²) in [5.74, 6) is -1.40. The Bertz CT molecular complexity index is 986. The number of methoxy groups -OCH3 is 1. The number of fused-ring (bicyclic) bond motifs is 1. The molecule has 1 aromatic heterocycles. The number of aliphatic carboxylic acids is 1. The van der Waals surface area contributed by atoms with Crippen molar-refractivity contribution < 1.29 is 23.8 Å². The highest BCUT2D eigenvalue weighted by Crippen LogP contribution is 2.27. The zero-order valence-corrected chi connectivity index (χ0v) is 14.6. The average molecular weight is 374 g/mol. The monoisotopic (exact) mass is 374 g/mol. The molecule has 1 N–H and O–H groups in total. The van der Waals surface area contributed by atoms with Crippen molar-refractivity contribution in [2.45, 2.75) is 17.5 Å². The number of rotatable bonds is 6. The van der Waals surface area contributed by atoms with Crippen LogP contribution in [0.4, 0.5) is 4.39 Å². The Morgan fingerprint density at radius 3 is 2.81 bits per heavy atom. The van der Waals surface area contributed by atoms with Crippen molar-refractivity contribution in [3.63, 3.8) is 0 Å². The summed E-state index contributed by atoms with van der Waals surface area (Å²) in [5, 5.41) is 9.62. The highest BCUT2D eigenvalue weighted by atomic mass is 32.2. The van der Waals surface area contributed by atoms with E-state index in [2.05, 4.69) is 4.98 Å². The molecule has 6 nitrogen and oxygen atoms in total. The number of nitrogens with zero attached hydrogens (tertiary/aromatic N) is 2. The van der Waals surface area contributed by atoms with Crippen molar-refractivity contribution in [2.24, 2.45) is 0 Å². The molecule has 0 aliphatic heterocycles. The maximum Gasteiger partial charge on any atom is 0.337 e. The minimum atomic E-state index is -1.01. The second-order valence-corrected chi connectivity index (χ2v) is 6.43. The van der Waals surface area contributed by atoms with Gasteiger partial charge in [0.05, 0.1) is 23.7 Å². The van der Waals surface area contributed by atoms with E-state index in [0.717, 1.165) is 5.56 Å². The maximum atomic E-state index is 13.4. The Morgan fingerprint density at radius 2 is 2.08 bits per heavy atom. The van der Waals surface area contributed by atoms with Gasteiger partial charge in [-0.25, -0.2) is 14.2 Å². The average Bonchev–Trinajstić information content (AvgIpc) is 2.95. The summed E-state index contributed by atoms with van der Waals surface area (Å²) in [5.41, 5.74) is 2.25. The number of carboxylic acids is 1. The molecule has 26 heavy (non-hydrogen) atoms. The van der Waals surface area contributed by atoms with Crippen molar-refractivity contribution in [3.8, 4) is 0 Å². The quantitative estimate of drug-likeness (QED) is 0.526. The van der Waals surface area contributed by atoms with E-state index in [1.54, 1.807) is 18.2 Å². The zero-order chi connectivity index (χ0) is 18.7. The molecule has 3 aromatic rings. The summed E-state index contributed by atoms with van der Waals surface area (Å²) in [6.45, 7) is -0.271. The first kappa shape index (κ1) is 17.9. The van der Waals surface area contributed by atoms with Gasteiger partial charge in [0.15, 0.2) is 5.16 Å². The topological polar surface area (TPSA) is 81.4 Å². The van der Waals surface area contributed by atoms with Crippen LogP contribution < -0.4 is 0 Å². The van der Waals surface area contributed by atoms with Crippen molar-refractivity contribution in [1.29, 1.82) is 0 Å². The van der Waals surface area contributed by atoms with Gasteiger partial charge in [-0.05, 0) is 29.8 Å². The molecule has 0 fully saturated rings. The van der Waals surface area contributed by atoms with Gasteiger partial charge < -0.3 is 14.4 Å². The van der Waals surface area contributed by atoms with Gasteiger partial charge in [0.1, 0.15) is 12.4 Å². The molecule has 0 spiro atoms. The first-order valence-electron chi connectivity index (χ1n) is 7.65. The number of aromatic nitrogens is 2. The summed E-state index contributed by atoms with van der Waals surface area (Å²) in [7, 11) is 1.32. The summed E-state index contributed by atoms with van der Waals surface area (Å²) >= 11 is 1.32. The highest BCUT2D eigenvalue weighted by Gasteiger charge is 2.15. The molecule has 0 atom stereocenters. The third-order valence-corrected chi connectivity index (χ3v) is 4.73. The lowest BCUT2D eigenvalue weighted by molar-refractivity contribution is -0.137. The van der Waals surface area contributed by atoms with E-state index in [1.807, 2.05) is 6.07 Å². The van der Waals surface area contributed by atoms with Gasteiger partial charge in [0, 0.05) is 11.8 Å². The van der Waals surface area contributed by atoms with Gasteiger partial charge in [0.25, 0.3) is 0 Å². The van der Waals surface area contributed by atoms with Crippen molar-refractivity contribution in [2.75, 3.05) is 7.11 Å². The minimum absolute atomic E-state index is 0.271. The van der Waals surface area contributed by atoms with Crippen LogP contribution in [-0.2, 0) is 21.8 Å². The van der Waals surface area contributed by atoms with Crippen LogP contribution >= 0.6 is 11.8 Å². The molecule has 1 heterocycles. The lowest BCUT2D eigenvalue weighted by atomic mass is 10.1. The number of carboxylic acid groups (broad SMARTS) is 1. The van der Waals surface area contributed by atoms with Gasteiger partial charge in [-0.2, -0.15) is 0 Å². The number of hydrogen-bond donors (Lipinski definition) is 1. The Morgan fingerprint density at radius 1 is 1.27 bits per heavy atom. The first-order chi connectivity index (χ1) is 12.5. The molecule has 0 aliphatic rings. The van der Waals surface area contributed by atoms with Crippen LogP contribution in [0.2, 0.25) is 0 Å². The molecule has 0 saturated heterocycles. The summed E-state index contributed by atoms with van der Waals surface area (Å²) in [6, 6.07) is 11.0. The number of halogens is 1. The molecule has 2 aromatic carbocycles. The lowest BCUT2D eigenvalue weighted by Crippen LogP contribution is -2.09. The Hall–Kier alpha value is -2.87. The predicted octanol–water partition coefficient (Wildman–Crippen LogP) is 3.34. The molecule has 3 rings (SSSR count). The fraction of sp³-hybridized carbons (Fsp3) is 0.167. The molecule has 0 aliphatic carbocycles. The summed E-state index contributed by atoms with van der Waals surface area (Å²) in [4.78, 5) is 27.1. The molecule has 0 radical (unpaired) electrons. The van der Waals surface area contributed by atoms with Gasteiger partial charge in [-0.1, -0.05) is 23.9 Å². The van der Waals surface area contributed by atoms with Crippen molar-refractivity contribution in [3.05, 3.63) is 59.4 Å². The van der Waals surface area contributed by atoms with Gasteiger partial charge >= 0.3 is 11.9 Å². The molecule has 0 amide bonds. The molecule has 0 unspecified atom stereocenters. The van der Waals surface area contributed by atoms with Crippen LogP contribution in [0.25, 0.3) is 11.0 Å². The standard InChI is InChI=1S/C18H15FN2O4S/c1-25-17(24)12-4-2-3-11(7-12)10-26-18-20-14-8-13(19)5-6-15(14)21(18)9-16(22)23/h2-8H,9-10H2,1H3,(H,22,23). The molecular formula is C18H15FN2O4S. The first-order valence-corrected chi connectivity index (χ1v) is 8.64. The number of carbonyl (C=O) groups excluding carboxylic acids is 1. The molecule has 0 bridgehead atoms. The van der Waals surface area contributed by atoms with E-state index in [4.69, 9.17) is 9.84 Å². The van der Waals surface area contributed by atoms with E-state index in [1.165, 1.54) is 41.6 Å². The SMILES string of the molecule is COC(=O)c1cccc(CSc2nc3cc(F)ccc3n2CC(=O)O)c1. The lowest BCUT2D eigenvalue weighted by Gasteiger charge is -2.07. The van der Waals surface area contributed by atoms with Crippen molar-refractivity contribution in [1.82, 2.24) is 9.55 Å². The summed E-state index contributed by atoms with van der Waals surface area (Å²) < 4.78 is 19.7. The second kappa shape index (κ2) is 7.57. The van der Waals surface area contributed by atoms with E-state index >= 15 is 0 Å². The minimum Gasteiger partial charge on any atom is -0.480 e. The smallest absolute Gasteiger partial charge is 0.337 e. The van der Waals surface area contributed by atoms with Crippen LogP contribution in [0.3, 0.4) is 0 Å². The Balaban J connectivity index is 1.88. The molecule has 0 saturated carbocycles. The Labute approximate surface area is 152 Å². The largest absolute Gasteiger partial charge is 0.480 e. The number of esters is 1. The van der Waals surface area contributed by atoms with E-state index in [-0.39, 0.29) is 6.54 Å². The van der Waals surface area contributed by atoms with Crippen LogP contribution in [0, 0.1) is 5.82 Å². The van der Waals surface area contributed by atoms with E-state index in [0.29, 0.717) is 27.5 Å². The van der Waals surface area contributed by atoms with Crippen molar-refractivity contribution >= 4 is 34.7 Å². The highest BCUT2D eigenvalue weighted by molar-refractivity contribution is 7.98. The fourth-order valence-corrected chi connectivity index (χ4v) is 3.49. The van der Waals surface area contributed by atoms with Gasteiger partial charge in [-0.15, -0.1) is 0 Å². The number of benzene rings is 2. The third-order valence-electron chi connectivity index (χ3n) is 3.68. The second-order valence-electron chi connectivity index (χ2n) is 5.49. The van der Waals surface area contributed by atoms with Crippen LogP contribution in [0.5, 0.6) is 0 Å². The normalized spacial score (nSPS) is 10.8. The number of imidazole rings is 1. The number of carbonyl (C=O) groups is 2. The molecular weight excluding hydrogens is 359 g/mol. The van der Waals surface area contributed by atoms with Crippen LogP contribution in [0.1, 0.15) is 15.9 Å². The maximum absolute atomic E-state index is 13.4. The fourth-order valence-electron chi connectivity index (χ4n) is 2.53. The van der Waals surface area contributed by atoms with Crippen LogP contribution in [-0.4, -0.2) is 33.7 Å². The number of ether oxygens (including phenoxy) is 1. The van der Waals surface area contributed by atoms with Crippen LogP contribution in [0.15, 0.2) is 47.6 Å². The Kier molecular flexibility index (Phi) is 5.22. The summed E-state index contributed by atoms with van der Waals surface area (Å²) in [6.07, 6.45) is 0. The van der Waals surface area contributed by atoms with Gasteiger partial charge in [-0.3, -0.25) is 4.79 Å². The third kappa shape index (κ3) is 3.85. The molecule has 8 heteroatoms. The van der Waals surface area contributed by atoms with E-state index < -0.39 is 17.8 Å². The van der Waals surface area contributed by atoms with Gasteiger partial charge in [0.2, 0.25) is 0 Å². The zero-order valence-electron chi connectivity index (χ0n) is 13.8. The van der Waals surface area contributed by atoms with E-state index in [9.17, 15) is 14.0 Å². The number of hydrogen-bond acceptors (Lipinski definition) is 5.